The summed E-state index contributed by atoms with van der Waals surface area (Å²) in [5.74, 6) is -4.28. The van der Waals surface area contributed by atoms with E-state index >= 15 is 0 Å². The largest absolute Gasteiger partial charge is 0.480 e. The molecule has 2 aromatic carbocycles. The van der Waals surface area contributed by atoms with Crippen LogP contribution in [-0.2, 0) is 46.7 Å². The Bertz CT molecular complexity index is 1940. The third-order valence-corrected chi connectivity index (χ3v) is 11.2. The Hall–Kier alpha value is -5.82. The van der Waals surface area contributed by atoms with Crippen LogP contribution in [0, 0.1) is 11.8 Å². The maximum absolute atomic E-state index is 13.2. The number of carboxylic acids is 1. The van der Waals surface area contributed by atoms with Crippen molar-refractivity contribution in [1.29, 1.82) is 0 Å². The van der Waals surface area contributed by atoms with Gasteiger partial charge in [0.1, 0.15) is 23.9 Å². The predicted octanol–water partition coefficient (Wildman–Crippen LogP) is 2.98. The maximum Gasteiger partial charge on any atom is 0.326 e. The normalized spacial score (nSPS) is 12.4. The standard InChI is InChI=1S/C48H72N8O10S/c1-30(2)39(57)13-8-9-14-40(58)49-24-11-10-12-38(48(65)66)54-41(59)28-53-46(63)37(23-25-67-7)55-45(62)36-21-17-34(18-22-36)27-51-47(64)43(31(3)4)56-42(60)29-52-44(61)35-19-15-33(16-20-35)26-50-32(5)6/h15-22,30-32,37-38,43,50H,8-14,23-29H2,1-7H3,(H,49,58)(H,51,64)(H,52,61)(H,53,63)(H,54,59)(H,55,62)(H,56,60)(H,65,66). The molecular formula is C48H72N8O10S. The van der Waals surface area contributed by atoms with Gasteiger partial charge in [-0.2, -0.15) is 11.8 Å². The Balaban J connectivity index is 1.81. The number of thioether (sulfide) groups is 1. The van der Waals surface area contributed by atoms with E-state index in [1.807, 2.05) is 46.1 Å². The van der Waals surface area contributed by atoms with Crippen LogP contribution in [0.1, 0.15) is 125 Å². The van der Waals surface area contributed by atoms with E-state index in [4.69, 9.17) is 0 Å². The molecular weight excluding hydrogens is 881 g/mol. The minimum absolute atomic E-state index is 0.0240. The molecule has 0 saturated heterocycles. The Morgan fingerprint density at radius 1 is 0.567 bits per heavy atom. The molecule has 0 aromatic heterocycles. The fraction of sp³-hybridized carbons (Fsp3) is 0.562. The number of amides is 7. The number of ketones is 1. The molecule has 2 rings (SSSR count). The lowest BCUT2D eigenvalue weighted by atomic mass is 10.0. The van der Waals surface area contributed by atoms with Crippen molar-refractivity contribution in [2.45, 2.75) is 130 Å². The fourth-order valence-corrected chi connectivity index (χ4v) is 6.87. The molecule has 0 aliphatic rings. The number of hydrogen-bond donors (Lipinski definition) is 9. The van der Waals surface area contributed by atoms with Crippen LogP contribution in [-0.4, -0.2) is 114 Å². The van der Waals surface area contributed by atoms with Gasteiger partial charge in [0.25, 0.3) is 11.8 Å². The third kappa shape index (κ3) is 23.5. The Morgan fingerprint density at radius 3 is 1.73 bits per heavy atom. The molecule has 9 N–H and O–H groups in total. The second-order valence-corrected chi connectivity index (χ2v) is 18.3. The highest BCUT2D eigenvalue weighted by molar-refractivity contribution is 7.98. The Kier molecular flexibility index (Phi) is 26.7. The summed E-state index contributed by atoms with van der Waals surface area (Å²) < 4.78 is 0. The van der Waals surface area contributed by atoms with Crippen molar-refractivity contribution in [3.8, 4) is 0 Å². The molecule has 0 bridgehead atoms. The Morgan fingerprint density at radius 2 is 1.15 bits per heavy atom. The summed E-state index contributed by atoms with van der Waals surface area (Å²) in [7, 11) is 0. The van der Waals surface area contributed by atoms with Gasteiger partial charge in [-0.25, -0.2) is 4.79 Å². The zero-order valence-corrected chi connectivity index (χ0v) is 40.8. The molecule has 67 heavy (non-hydrogen) atoms. The van der Waals surface area contributed by atoms with Gasteiger partial charge in [-0.05, 0) is 91.8 Å². The molecule has 3 atom stereocenters. The van der Waals surface area contributed by atoms with E-state index in [0.29, 0.717) is 74.5 Å². The Labute approximate surface area is 398 Å². The summed E-state index contributed by atoms with van der Waals surface area (Å²) in [4.78, 5) is 113. The van der Waals surface area contributed by atoms with Crippen molar-refractivity contribution in [1.82, 2.24) is 42.5 Å². The summed E-state index contributed by atoms with van der Waals surface area (Å²) in [6.45, 7) is 11.6. The fourth-order valence-electron chi connectivity index (χ4n) is 6.39. The molecule has 2 aromatic rings. The molecule has 18 nitrogen and oxygen atoms in total. The van der Waals surface area contributed by atoms with Gasteiger partial charge in [0.2, 0.25) is 29.5 Å². The topological polar surface area (TPSA) is 270 Å². The van der Waals surface area contributed by atoms with Gasteiger partial charge in [-0.15, -0.1) is 0 Å². The molecule has 7 amide bonds. The summed E-state index contributed by atoms with van der Waals surface area (Å²) in [5.41, 5.74) is 2.32. The van der Waals surface area contributed by atoms with Crippen molar-refractivity contribution >= 4 is 64.9 Å². The zero-order valence-electron chi connectivity index (χ0n) is 40.0. The van der Waals surface area contributed by atoms with E-state index in [9.17, 15) is 48.3 Å². The number of aliphatic carboxylic acids is 1. The second-order valence-electron chi connectivity index (χ2n) is 17.3. The number of hydrogen-bond acceptors (Lipinski definition) is 11. The molecule has 0 saturated carbocycles. The summed E-state index contributed by atoms with van der Waals surface area (Å²) in [5, 5.41) is 31.4. The van der Waals surface area contributed by atoms with Crippen molar-refractivity contribution in [2.24, 2.45) is 11.8 Å². The van der Waals surface area contributed by atoms with Crippen LogP contribution in [0.4, 0.5) is 0 Å². The quantitative estimate of drug-likeness (QED) is 0.0480. The molecule has 19 heteroatoms. The van der Waals surface area contributed by atoms with Crippen LogP contribution in [0.15, 0.2) is 48.5 Å². The highest BCUT2D eigenvalue weighted by Crippen LogP contribution is 2.10. The SMILES string of the molecule is CSCCC(NC(=O)c1ccc(CNC(=O)C(NC(=O)CNC(=O)c2ccc(CNC(C)C)cc2)C(C)C)cc1)C(=O)NCC(=O)NC(CCCCNC(=O)CCCCC(=O)C(C)C)C(=O)O. The van der Waals surface area contributed by atoms with Crippen molar-refractivity contribution < 1.29 is 48.3 Å². The van der Waals surface area contributed by atoms with Gasteiger partial charge in [0, 0.05) is 55.6 Å². The number of rotatable bonds is 32. The van der Waals surface area contributed by atoms with E-state index in [2.05, 4.69) is 42.5 Å². The van der Waals surface area contributed by atoms with Crippen LogP contribution >= 0.6 is 11.8 Å². The van der Waals surface area contributed by atoms with Gasteiger partial charge in [0.15, 0.2) is 0 Å². The maximum atomic E-state index is 13.2. The van der Waals surface area contributed by atoms with E-state index in [-0.39, 0.29) is 55.0 Å². The van der Waals surface area contributed by atoms with Gasteiger partial charge >= 0.3 is 5.97 Å². The molecule has 0 spiro atoms. The first-order valence-electron chi connectivity index (χ1n) is 23.0. The van der Waals surface area contributed by atoms with Gasteiger partial charge < -0.3 is 47.6 Å². The average Bonchev–Trinajstić information content (AvgIpc) is 3.29. The monoisotopic (exact) mass is 953 g/mol. The number of Topliss-reactive ketones (excluding diaryl/α,β-unsaturated/α-hetero) is 1. The number of nitrogens with one attached hydrogen (secondary N) is 8. The molecule has 0 heterocycles. The number of carbonyl (C=O) groups is 9. The van der Waals surface area contributed by atoms with Crippen LogP contribution < -0.4 is 42.5 Å². The minimum atomic E-state index is -1.24. The summed E-state index contributed by atoms with van der Waals surface area (Å²) >= 11 is 1.46. The van der Waals surface area contributed by atoms with E-state index in [1.165, 1.54) is 23.9 Å². The second kappa shape index (κ2) is 31.2. The molecule has 0 fully saturated rings. The molecule has 3 unspecified atom stereocenters. The van der Waals surface area contributed by atoms with Crippen LogP contribution in [0.3, 0.4) is 0 Å². The lowest BCUT2D eigenvalue weighted by Gasteiger charge is -2.22. The van der Waals surface area contributed by atoms with Crippen LogP contribution in [0.2, 0.25) is 0 Å². The van der Waals surface area contributed by atoms with Crippen molar-refractivity contribution in [3.05, 3.63) is 70.8 Å². The number of carboxylic acid groups (broad SMARTS) is 1. The van der Waals surface area contributed by atoms with Gasteiger partial charge in [-0.3, -0.25) is 38.4 Å². The average molecular weight is 953 g/mol. The molecule has 0 radical (unpaired) electrons. The first-order chi connectivity index (χ1) is 31.8. The summed E-state index contributed by atoms with van der Waals surface area (Å²) in [6.07, 6.45) is 5.08. The highest BCUT2D eigenvalue weighted by atomic mass is 32.2. The van der Waals surface area contributed by atoms with Gasteiger partial charge in [-0.1, -0.05) is 65.8 Å². The van der Waals surface area contributed by atoms with E-state index in [1.54, 1.807) is 38.1 Å². The van der Waals surface area contributed by atoms with Gasteiger partial charge in [0.05, 0.1) is 13.1 Å². The van der Waals surface area contributed by atoms with E-state index in [0.717, 1.165) is 5.56 Å². The lowest BCUT2D eigenvalue weighted by molar-refractivity contribution is -0.142. The molecule has 0 aliphatic heterocycles. The summed E-state index contributed by atoms with van der Waals surface area (Å²) in [6, 6.07) is 10.6. The number of carbonyl (C=O) groups excluding carboxylic acids is 8. The highest BCUT2D eigenvalue weighted by Gasteiger charge is 2.26. The number of unbranched alkanes of at least 4 members (excludes halogenated alkanes) is 2. The molecule has 370 valence electrons. The van der Waals surface area contributed by atoms with Crippen LogP contribution in [0.25, 0.3) is 0 Å². The predicted molar refractivity (Wildman–Crippen MR) is 258 cm³/mol. The lowest BCUT2D eigenvalue weighted by Crippen LogP contribution is -2.51. The smallest absolute Gasteiger partial charge is 0.326 e. The van der Waals surface area contributed by atoms with Crippen LogP contribution in [0.5, 0.6) is 0 Å². The zero-order chi connectivity index (χ0) is 49.9. The molecule has 0 aliphatic carbocycles. The first-order valence-corrected chi connectivity index (χ1v) is 24.4. The minimum Gasteiger partial charge on any atom is -0.480 e. The van der Waals surface area contributed by atoms with Crippen molar-refractivity contribution in [3.63, 3.8) is 0 Å². The van der Waals surface area contributed by atoms with E-state index < -0.39 is 66.1 Å². The number of benzene rings is 2. The first kappa shape index (κ1) is 57.3. The third-order valence-electron chi connectivity index (χ3n) is 10.5. The van der Waals surface area contributed by atoms with Crippen molar-refractivity contribution in [2.75, 3.05) is 31.6 Å².